The molecule has 1 aliphatic heterocycles. The lowest BCUT2D eigenvalue weighted by atomic mass is 9.89. The SMILES string of the molecule is O=C(NCCO)c1ccc(C(=O)O)c(-c2c3ccc(=O)cc-3oc3cc(O)ccc23)c1. The highest BCUT2D eigenvalue weighted by atomic mass is 16.4. The topological polar surface area (TPSA) is 137 Å². The molecule has 0 fully saturated rings. The standard InChI is InChI=1S/C23H17NO7/c25-8-7-24-22(28)12-1-4-15(23(29)30)18(9-12)21-16-5-2-13(26)10-19(16)31-20-11-14(27)3-6-17(20)21/h1-6,9-11,25-26H,7-8H2,(H,24,28)(H,29,30). The van der Waals surface area contributed by atoms with Gasteiger partial charge in [-0.25, -0.2) is 4.79 Å². The van der Waals surface area contributed by atoms with Gasteiger partial charge in [0.05, 0.1) is 12.2 Å². The van der Waals surface area contributed by atoms with Crippen LogP contribution in [0.4, 0.5) is 0 Å². The summed E-state index contributed by atoms with van der Waals surface area (Å²) in [5.41, 5.74) is 1.29. The molecule has 1 heterocycles. The quantitative estimate of drug-likeness (QED) is 0.365. The molecule has 8 heteroatoms. The number of aromatic hydroxyl groups is 1. The van der Waals surface area contributed by atoms with Crippen molar-refractivity contribution in [3.05, 3.63) is 75.9 Å². The minimum Gasteiger partial charge on any atom is -0.508 e. The molecular weight excluding hydrogens is 402 g/mol. The van der Waals surface area contributed by atoms with Gasteiger partial charge in [-0.1, -0.05) is 0 Å². The number of hydrogen-bond acceptors (Lipinski definition) is 6. The Morgan fingerprint density at radius 3 is 2.52 bits per heavy atom. The molecular formula is C23H17NO7. The highest BCUT2D eigenvalue weighted by molar-refractivity contribution is 6.09. The van der Waals surface area contributed by atoms with Crippen molar-refractivity contribution in [1.82, 2.24) is 5.32 Å². The lowest BCUT2D eigenvalue weighted by Gasteiger charge is -2.17. The van der Waals surface area contributed by atoms with Gasteiger partial charge in [0, 0.05) is 40.8 Å². The van der Waals surface area contributed by atoms with Gasteiger partial charge in [0.1, 0.15) is 17.1 Å². The number of nitrogens with one attached hydrogen (secondary N) is 1. The molecule has 2 aliphatic rings. The summed E-state index contributed by atoms with van der Waals surface area (Å²) < 4.78 is 5.79. The molecule has 0 spiro atoms. The summed E-state index contributed by atoms with van der Waals surface area (Å²) in [5.74, 6) is -1.51. The van der Waals surface area contributed by atoms with Crippen LogP contribution in [0.25, 0.3) is 33.4 Å². The van der Waals surface area contributed by atoms with Crippen LogP contribution >= 0.6 is 0 Å². The summed E-state index contributed by atoms with van der Waals surface area (Å²) in [5, 5.41) is 31.6. The third-order valence-corrected chi connectivity index (χ3v) is 4.86. The molecule has 0 bridgehead atoms. The van der Waals surface area contributed by atoms with Crippen molar-refractivity contribution >= 4 is 22.8 Å². The summed E-state index contributed by atoms with van der Waals surface area (Å²) in [7, 11) is 0. The maximum Gasteiger partial charge on any atom is 0.336 e. The number of aliphatic hydroxyl groups excluding tert-OH is 1. The zero-order valence-corrected chi connectivity index (χ0v) is 16.1. The average molecular weight is 419 g/mol. The Morgan fingerprint density at radius 2 is 1.77 bits per heavy atom. The van der Waals surface area contributed by atoms with Crippen molar-refractivity contribution in [3.63, 3.8) is 0 Å². The van der Waals surface area contributed by atoms with Crippen LogP contribution < -0.4 is 10.7 Å². The van der Waals surface area contributed by atoms with Crippen LogP contribution in [-0.2, 0) is 0 Å². The van der Waals surface area contributed by atoms with Crippen LogP contribution in [0.2, 0.25) is 0 Å². The third kappa shape index (κ3) is 3.72. The van der Waals surface area contributed by atoms with E-state index in [2.05, 4.69) is 5.32 Å². The van der Waals surface area contributed by atoms with E-state index in [-0.39, 0.29) is 52.4 Å². The summed E-state index contributed by atoms with van der Waals surface area (Å²) in [4.78, 5) is 36.3. The number of amides is 1. The number of carbonyl (C=O) groups excluding carboxylic acids is 1. The zero-order chi connectivity index (χ0) is 22.1. The smallest absolute Gasteiger partial charge is 0.336 e. The lowest BCUT2D eigenvalue weighted by Crippen LogP contribution is -2.26. The number of hydrogen-bond donors (Lipinski definition) is 4. The molecule has 2 aromatic rings. The number of rotatable bonds is 5. The Labute approximate surface area is 175 Å². The summed E-state index contributed by atoms with van der Waals surface area (Å²) >= 11 is 0. The van der Waals surface area contributed by atoms with E-state index in [1.54, 1.807) is 6.07 Å². The molecule has 1 amide bonds. The molecule has 2 aromatic carbocycles. The van der Waals surface area contributed by atoms with Gasteiger partial charge in [-0.15, -0.1) is 0 Å². The number of benzene rings is 3. The third-order valence-electron chi connectivity index (χ3n) is 4.86. The van der Waals surface area contributed by atoms with Gasteiger partial charge in [0.2, 0.25) is 0 Å². The fraction of sp³-hybridized carbons (Fsp3) is 0.0870. The normalized spacial score (nSPS) is 11.0. The van der Waals surface area contributed by atoms with Crippen LogP contribution in [0, 0.1) is 0 Å². The Hall–Kier alpha value is -4.17. The molecule has 0 unspecified atom stereocenters. The van der Waals surface area contributed by atoms with E-state index in [1.165, 1.54) is 48.5 Å². The Bertz CT molecular complexity index is 1360. The van der Waals surface area contributed by atoms with Crippen molar-refractivity contribution in [3.8, 4) is 28.2 Å². The van der Waals surface area contributed by atoms with E-state index >= 15 is 0 Å². The van der Waals surface area contributed by atoms with Gasteiger partial charge in [0.25, 0.3) is 5.91 Å². The van der Waals surface area contributed by atoms with E-state index < -0.39 is 11.9 Å². The van der Waals surface area contributed by atoms with Crippen molar-refractivity contribution in [2.45, 2.75) is 0 Å². The predicted octanol–water partition coefficient (Wildman–Crippen LogP) is 2.69. The van der Waals surface area contributed by atoms with E-state index in [4.69, 9.17) is 9.52 Å². The summed E-state index contributed by atoms with van der Waals surface area (Å²) in [6.45, 7) is -0.182. The first kappa shape index (κ1) is 20.1. The van der Waals surface area contributed by atoms with Crippen molar-refractivity contribution < 1.29 is 29.3 Å². The number of carboxylic acids is 1. The summed E-state index contributed by atoms with van der Waals surface area (Å²) in [6, 6.07) is 12.7. The molecule has 0 radical (unpaired) electrons. The van der Waals surface area contributed by atoms with Crippen LogP contribution in [0.5, 0.6) is 5.75 Å². The molecule has 31 heavy (non-hydrogen) atoms. The molecule has 4 N–H and O–H groups in total. The van der Waals surface area contributed by atoms with E-state index in [9.17, 15) is 24.6 Å². The fourth-order valence-electron chi connectivity index (χ4n) is 3.50. The number of phenolic OH excluding ortho intramolecular Hbond substituents is 1. The Kier molecular flexibility index (Phi) is 5.14. The second-order valence-electron chi connectivity index (χ2n) is 6.86. The Morgan fingerprint density at radius 1 is 0.968 bits per heavy atom. The van der Waals surface area contributed by atoms with Gasteiger partial charge >= 0.3 is 5.97 Å². The van der Waals surface area contributed by atoms with Crippen LogP contribution in [0.15, 0.2) is 63.8 Å². The molecule has 0 atom stereocenters. The fourth-order valence-corrected chi connectivity index (χ4v) is 3.50. The predicted molar refractivity (Wildman–Crippen MR) is 113 cm³/mol. The van der Waals surface area contributed by atoms with E-state index in [0.717, 1.165) is 0 Å². The van der Waals surface area contributed by atoms with Gasteiger partial charge in [-0.05, 0) is 48.0 Å². The molecule has 0 aromatic heterocycles. The maximum atomic E-state index is 12.4. The summed E-state index contributed by atoms with van der Waals surface area (Å²) in [6.07, 6.45) is 0. The van der Waals surface area contributed by atoms with Gasteiger partial charge in [-0.3, -0.25) is 9.59 Å². The van der Waals surface area contributed by atoms with Crippen LogP contribution in [-0.4, -0.2) is 40.3 Å². The van der Waals surface area contributed by atoms with Gasteiger partial charge in [-0.2, -0.15) is 0 Å². The lowest BCUT2D eigenvalue weighted by molar-refractivity contribution is 0.0697. The minimum atomic E-state index is -1.20. The number of fused-ring (bicyclic) bond motifs is 2. The minimum absolute atomic E-state index is 0.0493. The molecule has 4 rings (SSSR count). The van der Waals surface area contributed by atoms with Gasteiger partial charge < -0.3 is 25.1 Å². The van der Waals surface area contributed by atoms with Crippen molar-refractivity contribution in [1.29, 1.82) is 0 Å². The molecule has 8 nitrogen and oxygen atoms in total. The monoisotopic (exact) mass is 419 g/mol. The molecule has 1 aliphatic carbocycles. The Balaban J connectivity index is 2.08. The molecule has 156 valence electrons. The number of carbonyl (C=O) groups is 2. The second-order valence-corrected chi connectivity index (χ2v) is 6.86. The first-order valence-corrected chi connectivity index (χ1v) is 9.35. The largest absolute Gasteiger partial charge is 0.508 e. The van der Waals surface area contributed by atoms with Crippen molar-refractivity contribution in [2.75, 3.05) is 13.2 Å². The van der Waals surface area contributed by atoms with Gasteiger partial charge in [0.15, 0.2) is 5.43 Å². The number of phenols is 1. The van der Waals surface area contributed by atoms with Crippen LogP contribution in [0.1, 0.15) is 20.7 Å². The van der Waals surface area contributed by atoms with E-state index in [1.807, 2.05) is 0 Å². The first-order valence-electron chi connectivity index (χ1n) is 9.35. The highest BCUT2D eigenvalue weighted by Gasteiger charge is 2.23. The zero-order valence-electron chi connectivity index (χ0n) is 16.1. The highest BCUT2D eigenvalue weighted by Crippen LogP contribution is 2.42. The second kappa shape index (κ2) is 7.92. The first-order chi connectivity index (χ1) is 14.9. The average Bonchev–Trinajstić information content (AvgIpc) is 2.75. The number of aliphatic hydroxyl groups is 1. The molecule has 0 saturated heterocycles. The van der Waals surface area contributed by atoms with Crippen LogP contribution in [0.3, 0.4) is 0 Å². The maximum absolute atomic E-state index is 12.4. The molecule has 0 saturated carbocycles. The number of aromatic carboxylic acids is 1. The van der Waals surface area contributed by atoms with Crippen molar-refractivity contribution in [2.24, 2.45) is 0 Å². The van der Waals surface area contributed by atoms with E-state index in [0.29, 0.717) is 16.5 Å². The number of carboxylic acid groups (broad SMARTS) is 1.